The number of rotatable bonds is 8. The molecule has 24 heavy (non-hydrogen) atoms. The lowest BCUT2D eigenvalue weighted by Gasteiger charge is -2.20. The van der Waals surface area contributed by atoms with Crippen LogP contribution in [0.15, 0.2) is 24.3 Å². The third-order valence-corrected chi connectivity index (χ3v) is 4.23. The van der Waals surface area contributed by atoms with E-state index in [1.165, 1.54) is 0 Å². The van der Waals surface area contributed by atoms with Crippen LogP contribution in [-0.2, 0) is 4.79 Å². The Labute approximate surface area is 145 Å². The molecule has 1 N–H and O–H groups in total. The highest BCUT2D eigenvalue weighted by Crippen LogP contribution is 2.16. The first kappa shape index (κ1) is 18.5. The van der Waals surface area contributed by atoms with Crippen LogP contribution in [0, 0.1) is 0 Å². The summed E-state index contributed by atoms with van der Waals surface area (Å²) in [7, 11) is 0. The van der Waals surface area contributed by atoms with Gasteiger partial charge in [-0.25, -0.2) is 0 Å². The third kappa shape index (κ3) is 5.34. The number of hydrogen-bond acceptors (Lipinski definition) is 3. The molecule has 1 aromatic rings. The van der Waals surface area contributed by atoms with Crippen molar-refractivity contribution in [2.75, 3.05) is 38.0 Å². The van der Waals surface area contributed by atoms with Gasteiger partial charge in [0.25, 0.3) is 5.91 Å². The van der Waals surface area contributed by atoms with Crippen molar-refractivity contribution in [1.29, 1.82) is 0 Å². The lowest BCUT2D eigenvalue weighted by Crippen LogP contribution is -2.34. The number of nitrogens with zero attached hydrogens (tertiary/aromatic N) is 2. The van der Waals surface area contributed by atoms with Crippen LogP contribution in [-0.4, -0.2) is 54.3 Å². The number of carbonyl (C=O) groups excluding carboxylic acids is 2. The van der Waals surface area contributed by atoms with E-state index in [-0.39, 0.29) is 11.8 Å². The maximum atomic E-state index is 12.4. The molecule has 0 aromatic heterocycles. The van der Waals surface area contributed by atoms with Gasteiger partial charge in [0.05, 0.1) is 6.54 Å². The molecule has 5 heteroatoms. The van der Waals surface area contributed by atoms with Gasteiger partial charge in [-0.2, -0.15) is 0 Å². The Hall–Kier alpha value is -1.88. The fraction of sp³-hybridized carbons (Fsp3) is 0.579. The Morgan fingerprint density at radius 3 is 2.42 bits per heavy atom. The summed E-state index contributed by atoms with van der Waals surface area (Å²) >= 11 is 0. The smallest absolute Gasteiger partial charge is 0.253 e. The van der Waals surface area contributed by atoms with E-state index in [4.69, 9.17) is 0 Å². The summed E-state index contributed by atoms with van der Waals surface area (Å²) in [5, 5.41) is 2.92. The van der Waals surface area contributed by atoms with Crippen LogP contribution in [0.1, 0.15) is 49.9 Å². The molecule has 0 spiro atoms. The van der Waals surface area contributed by atoms with Crippen molar-refractivity contribution in [1.82, 2.24) is 9.80 Å². The van der Waals surface area contributed by atoms with Crippen molar-refractivity contribution in [3.63, 3.8) is 0 Å². The van der Waals surface area contributed by atoms with Gasteiger partial charge in [-0.15, -0.1) is 0 Å². The van der Waals surface area contributed by atoms with Crippen molar-refractivity contribution in [2.24, 2.45) is 0 Å². The topological polar surface area (TPSA) is 52.7 Å². The monoisotopic (exact) mass is 331 g/mol. The number of likely N-dealkylation sites (tertiary alicyclic amines) is 1. The highest BCUT2D eigenvalue weighted by atomic mass is 16.2. The first-order valence-electron chi connectivity index (χ1n) is 9.05. The van der Waals surface area contributed by atoms with Gasteiger partial charge in [-0.3, -0.25) is 14.5 Å². The second kappa shape index (κ2) is 9.42. The predicted molar refractivity (Wildman–Crippen MR) is 97.2 cm³/mol. The van der Waals surface area contributed by atoms with Crippen LogP contribution < -0.4 is 5.32 Å². The molecule has 0 radical (unpaired) electrons. The Morgan fingerprint density at radius 2 is 1.79 bits per heavy atom. The van der Waals surface area contributed by atoms with Crippen molar-refractivity contribution in [3.05, 3.63) is 29.8 Å². The van der Waals surface area contributed by atoms with E-state index >= 15 is 0 Å². The summed E-state index contributed by atoms with van der Waals surface area (Å²) in [6.45, 7) is 8.15. The minimum atomic E-state index is -0.0253. The summed E-state index contributed by atoms with van der Waals surface area (Å²) in [6.07, 6.45) is 4.22. The van der Waals surface area contributed by atoms with Gasteiger partial charge in [0.2, 0.25) is 5.91 Å². The largest absolute Gasteiger partial charge is 0.339 e. The van der Waals surface area contributed by atoms with E-state index in [1.54, 1.807) is 6.07 Å². The molecule has 2 amide bonds. The molecule has 1 aliphatic heterocycles. The minimum Gasteiger partial charge on any atom is -0.339 e. The van der Waals surface area contributed by atoms with Gasteiger partial charge in [0, 0.05) is 24.3 Å². The van der Waals surface area contributed by atoms with Crippen LogP contribution >= 0.6 is 0 Å². The Balaban J connectivity index is 1.95. The molecule has 0 unspecified atom stereocenters. The van der Waals surface area contributed by atoms with E-state index in [2.05, 4.69) is 24.1 Å². The van der Waals surface area contributed by atoms with E-state index in [0.29, 0.717) is 17.8 Å². The number of nitrogens with one attached hydrogen (secondary N) is 1. The van der Waals surface area contributed by atoms with E-state index in [0.717, 1.165) is 51.9 Å². The summed E-state index contributed by atoms with van der Waals surface area (Å²) in [5.74, 6) is 0.0323. The number of hydrogen-bond donors (Lipinski definition) is 1. The van der Waals surface area contributed by atoms with E-state index in [9.17, 15) is 9.59 Å². The molecule has 1 saturated heterocycles. The van der Waals surface area contributed by atoms with Gasteiger partial charge in [-0.1, -0.05) is 19.9 Å². The summed E-state index contributed by atoms with van der Waals surface area (Å²) in [4.78, 5) is 28.7. The lowest BCUT2D eigenvalue weighted by molar-refractivity contribution is -0.117. The molecule has 0 bridgehead atoms. The standard InChI is InChI=1S/C19H29N3O2/c1-3-10-21(11-4-2)15-18(23)20-17-9-7-8-16(14-17)19(24)22-12-5-6-13-22/h7-9,14H,3-6,10-13,15H2,1-2H3,(H,20,23). The highest BCUT2D eigenvalue weighted by molar-refractivity contribution is 5.97. The summed E-state index contributed by atoms with van der Waals surface area (Å²) in [5.41, 5.74) is 1.34. The van der Waals surface area contributed by atoms with Crippen LogP contribution in [0.5, 0.6) is 0 Å². The van der Waals surface area contributed by atoms with Crippen molar-refractivity contribution in [3.8, 4) is 0 Å². The SMILES string of the molecule is CCCN(CCC)CC(=O)Nc1cccc(C(=O)N2CCCC2)c1. The number of carbonyl (C=O) groups is 2. The molecule has 1 fully saturated rings. The molecule has 0 aliphatic carbocycles. The normalized spacial score (nSPS) is 14.2. The van der Waals surface area contributed by atoms with Crippen LogP contribution in [0.2, 0.25) is 0 Å². The Bertz CT molecular complexity index is 547. The average molecular weight is 331 g/mol. The molecule has 2 rings (SSSR count). The molecule has 0 saturated carbocycles. The van der Waals surface area contributed by atoms with Crippen molar-refractivity contribution in [2.45, 2.75) is 39.5 Å². The van der Waals surface area contributed by atoms with Gasteiger partial charge >= 0.3 is 0 Å². The maximum absolute atomic E-state index is 12.4. The van der Waals surface area contributed by atoms with Gasteiger partial charge in [-0.05, 0) is 57.0 Å². The maximum Gasteiger partial charge on any atom is 0.253 e. The van der Waals surface area contributed by atoms with Crippen molar-refractivity contribution >= 4 is 17.5 Å². The third-order valence-electron chi connectivity index (χ3n) is 4.23. The Kier molecular flexibility index (Phi) is 7.25. The average Bonchev–Trinajstić information content (AvgIpc) is 3.09. The molecule has 5 nitrogen and oxygen atoms in total. The quantitative estimate of drug-likeness (QED) is 0.797. The second-order valence-corrected chi connectivity index (χ2v) is 6.40. The fourth-order valence-corrected chi connectivity index (χ4v) is 3.14. The molecular formula is C19H29N3O2. The molecule has 0 atom stereocenters. The molecule has 1 heterocycles. The first-order valence-corrected chi connectivity index (χ1v) is 9.05. The van der Waals surface area contributed by atoms with Gasteiger partial charge in [0.1, 0.15) is 0 Å². The van der Waals surface area contributed by atoms with Crippen LogP contribution in [0.4, 0.5) is 5.69 Å². The molecular weight excluding hydrogens is 302 g/mol. The van der Waals surface area contributed by atoms with E-state index in [1.807, 2.05) is 23.1 Å². The molecule has 132 valence electrons. The molecule has 1 aliphatic rings. The summed E-state index contributed by atoms with van der Waals surface area (Å²) < 4.78 is 0. The van der Waals surface area contributed by atoms with Gasteiger partial charge < -0.3 is 10.2 Å². The van der Waals surface area contributed by atoms with E-state index < -0.39 is 0 Å². The van der Waals surface area contributed by atoms with Gasteiger partial charge in [0.15, 0.2) is 0 Å². The minimum absolute atomic E-state index is 0.0253. The number of benzene rings is 1. The second-order valence-electron chi connectivity index (χ2n) is 6.40. The van der Waals surface area contributed by atoms with Crippen LogP contribution in [0.25, 0.3) is 0 Å². The van der Waals surface area contributed by atoms with Crippen LogP contribution in [0.3, 0.4) is 0 Å². The fourth-order valence-electron chi connectivity index (χ4n) is 3.14. The lowest BCUT2D eigenvalue weighted by atomic mass is 10.1. The zero-order chi connectivity index (χ0) is 17.4. The number of amides is 2. The number of anilines is 1. The molecule has 1 aromatic carbocycles. The summed E-state index contributed by atoms with van der Waals surface area (Å²) in [6, 6.07) is 7.26. The highest BCUT2D eigenvalue weighted by Gasteiger charge is 2.19. The Morgan fingerprint density at radius 1 is 1.12 bits per heavy atom. The zero-order valence-corrected chi connectivity index (χ0v) is 14.9. The van der Waals surface area contributed by atoms with Crippen molar-refractivity contribution < 1.29 is 9.59 Å². The first-order chi connectivity index (χ1) is 11.6. The predicted octanol–water partition coefficient (Wildman–Crippen LogP) is 2.98. The zero-order valence-electron chi connectivity index (χ0n) is 14.9.